The predicted molar refractivity (Wildman–Crippen MR) is 74.9 cm³/mol. The third-order valence-electron chi connectivity index (χ3n) is 3.30. The van der Waals surface area contributed by atoms with Crippen LogP contribution in [-0.2, 0) is 0 Å². The second-order valence-electron chi connectivity index (χ2n) is 5.22. The van der Waals surface area contributed by atoms with E-state index in [1.165, 1.54) is 12.8 Å². The van der Waals surface area contributed by atoms with Gasteiger partial charge in [-0.05, 0) is 25.0 Å². The fourth-order valence-electron chi connectivity index (χ4n) is 2.24. The second kappa shape index (κ2) is 4.63. The Morgan fingerprint density at radius 1 is 1.32 bits per heavy atom. The molecule has 1 aliphatic rings. The monoisotopic (exact) mass is 255 g/mol. The van der Waals surface area contributed by atoms with Gasteiger partial charge in [-0.1, -0.05) is 18.2 Å². The molecule has 0 atom stereocenters. The minimum absolute atomic E-state index is 0.0782. The number of carbonyl (C=O) groups excluding carboxylic acids is 1. The number of carbonyl (C=O) groups is 1. The Morgan fingerprint density at radius 2 is 2.05 bits per heavy atom. The number of hydrogen-bond acceptors (Lipinski definition) is 3. The molecule has 4 heteroatoms. The van der Waals surface area contributed by atoms with Gasteiger partial charge < -0.3 is 0 Å². The maximum Gasteiger partial charge on any atom is 0.266 e. The molecule has 1 saturated carbocycles. The lowest BCUT2D eigenvalue weighted by Crippen LogP contribution is -2.36. The van der Waals surface area contributed by atoms with Gasteiger partial charge in [0.25, 0.3) is 5.91 Å². The van der Waals surface area contributed by atoms with Crippen LogP contribution in [0.5, 0.6) is 0 Å². The molecule has 1 aliphatic carbocycles. The van der Waals surface area contributed by atoms with Gasteiger partial charge in [0.2, 0.25) is 0 Å². The van der Waals surface area contributed by atoms with Gasteiger partial charge >= 0.3 is 0 Å². The number of fused-ring (bicyclic) bond motifs is 1. The molecule has 1 N–H and O–H groups in total. The maximum atomic E-state index is 12.3. The molecule has 98 valence electrons. The third kappa shape index (κ3) is 2.44. The van der Waals surface area contributed by atoms with Crippen LogP contribution < -0.4 is 5.43 Å². The van der Waals surface area contributed by atoms with E-state index < -0.39 is 0 Å². The first-order valence-electron chi connectivity index (χ1n) is 6.53. The molecule has 0 unspecified atom stereocenters. The highest BCUT2D eigenvalue weighted by Gasteiger charge is 2.26. The number of pyridine rings is 1. The standard InChI is InChI=1S/C15H17N3O/c1-18(2)17-15(19)12-9-14(10-7-8-10)16-13-6-4-3-5-11(12)13/h3-6,9-10H,7-8H2,1-2H3,(H,17,19). The number of rotatable bonds is 3. The zero-order chi connectivity index (χ0) is 13.4. The first kappa shape index (κ1) is 12.1. The summed E-state index contributed by atoms with van der Waals surface area (Å²) in [6.45, 7) is 0. The average molecular weight is 255 g/mol. The normalized spacial score (nSPS) is 14.9. The summed E-state index contributed by atoms with van der Waals surface area (Å²) in [5, 5.41) is 2.57. The van der Waals surface area contributed by atoms with Crippen LogP contribution in [0.3, 0.4) is 0 Å². The van der Waals surface area contributed by atoms with Gasteiger partial charge in [-0.3, -0.25) is 15.2 Å². The molecule has 0 radical (unpaired) electrons. The highest BCUT2D eigenvalue weighted by molar-refractivity contribution is 6.06. The smallest absolute Gasteiger partial charge is 0.266 e. The van der Waals surface area contributed by atoms with Gasteiger partial charge in [0.1, 0.15) is 0 Å². The van der Waals surface area contributed by atoms with Crippen molar-refractivity contribution in [3.05, 3.63) is 41.6 Å². The maximum absolute atomic E-state index is 12.3. The lowest BCUT2D eigenvalue weighted by atomic mass is 10.1. The molecule has 1 amide bonds. The summed E-state index contributed by atoms with van der Waals surface area (Å²) >= 11 is 0. The van der Waals surface area contributed by atoms with Crippen LogP contribution in [0.4, 0.5) is 0 Å². The summed E-state index contributed by atoms with van der Waals surface area (Å²) in [6, 6.07) is 9.75. The van der Waals surface area contributed by atoms with Crippen LogP contribution in [-0.4, -0.2) is 30.0 Å². The summed E-state index contributed by atoms with van der Waals surface area (Å²) < 4.78 is 0. The average Bonchev–Trinajstić information content (AvgIpc) is 3.20. The Bertz CT molecular complexity index is 632. The van der Waals surface area contributed by atoms with Gasteiger partial charge in [-0.2, -0.15) is 0 Å². The van der Waals surface area contributed by atoms with E-state index in [-0.39, 0.29) is 5.91 Å². The van der Waals surface area contributed by atoms with Crippen molar-refractivity contribution >= 4 is 16.8 Å². The van der Waals surface area contributed by atoms with E-state index >= 15 is 0 Å². The second-order valence-corrected chi connectivity index (χ2v) is 5.22. The summed E-state index contributed by atoms with van der Waals surface area (Å²) in [4.78, 5) is 16.9. The Morgan fingerprint density at radius 3 is 2.74 bits per heavy atom. The topological polar surface area (TPSA) is 45.2 Å². The molecule has 2 aromatic rings. The van der Waals surface area contributed by atoms with Crippen LogP contribution in [0.25, 0.3) is 10.9 Å². The molecule has 0 bridgehead atoms. The lowest BCUT2D eigenvalue weighted by molar-refractivity contribution is 0.0858. The van der Waals surface area contributed by atoms with Crippen molar-refractivity contribution in [2.45, 2.75) is 18.8 Å². The Labute approximate surface area is 112 Å². The van der Waals surface area contributed by atoms with E-state index in [1.807, 2.05) is 44.4 Å². The largest absolute Gasteiger partial charge is 0.285 e. The highest BCUT2D eigenvalue weighted by atomic mass is 16.2. The van der Waals surface area contributed by atoms with Crippen LogP contribution >= 0.6 is 0 Å². The molecule has 0 aliphatic heterocycles. The SMILES string of the molecule is CN(C)NC(=O)c1cc(C2CC2)nc2ccccc12. The summed E-state index contributed by atoms with van der Waals surface area (Å²) in [7, 11) is 3.62. The molecular weight excluding hydrogens is 238 g/mol. The van der Waals surface area contributed by atoms with Crippen molar-refractivity contribution in [3.8, 4) is 0 Å². The third-order valence-corrected chi connectivity index (χ3v) is 3.30. The van der Waals surface area contributed by atoms with Gasteiger partial charge in [0, 0.05) is 31.1 Å². The van der Waals surface area contributed by atoms with Crippen molar-refractivity contribution in [2.75, 3.05) is 14.1 Å². The Hall–Kier alpha value is -1.94. The van der Waals surface area contributed by atoms with Crippen molar-refractivity contribution in [2.24, 2.45) is 0 Å². The summed E-state index contributed by atoms with van der Waals surface area (Å²) in [5.41, 5.74) is 5.46. The van der Waals surface area contributed by atoms with E-state index in [0.29, 0.717) is 11.5 Å². The molecule has 3 rings (SSSR count). The number of benzene rings is 1. The fourth-order valence-corrected chi connectivity index (χ4v) is 2.24. The Kier molecular flexibility index (Phi) is 2.95. The van der Waals surface area contributed by atoms with Gasteiger partial charge in [-0.15, -0.1) is 0 Å². The number of hydrogen-bond donors (Lipinski definition) is 1. The van der Waals surface area contributed by atoms with E-state index in [4.69, 9.17) is 0 Å². The molecule has 19 heavy (non-hydrogen) atoms. The molecule has 1 aromatic carbocycles. The zero-order valence-electron chi connectivity index (χ0n) is 11.2. The number of para-hydroxylation sites is 1. The molecule has 0 spiro atoms. The summed E-state index contributed by atoms with van der Waals surface area (Å²) in [5.74, 6) is 0.459. The van der Waals surface area contributed by atoms with Crippen LogP contribution in [0.2, 0.25) is 0 Å². The van der Waals surface area contributed by atoms with Crippen LogP contribution in [0, 0.1) is 0 Å². The number of hydrazine groups is 1. The number of aromatic nitrogens is 1. The van der Waals surface area contributed by atoms with E-state index in [0.717, 1.165) is 16.6 Å². The first-order valence-corrected chi connectivity index (χ1v) is 6.53. The Balaban J connectivity index is 2.11. The number of nitrogens with zero attached hydrogens (tertiary/aromatic N) is 2. The van der Waals surface area contributed by atoms with Crippen molar-refractivity contribution in [3.63, 3.8) is 0 Å². The van der Waals surface area contributed by atoms with E-state index in [1.54, 1.807) is 5.01 Å². The zero-order valence-corrected chi connectivity index (χ0v) is 11.2. The molecule has 4 nitrogen and oxygen atoms in total. The van der Waals surface area contributed by atoms with E-state index in [9.17, 15) is 4.79 Å². The fraction of sp³-hybridized carbons (Fsp3) is 0.333. The molecule has 1 fully saturated rings. The number of amides is 1. The minimum Gasteiger partial charge on any atom is -0.285 e. The van der Waals surface area contributed by atoms with Crippen LogP contribution in [0.1, 0.15) is 34.8 Å². The van der Waals surface area contributed by atoms with Crippen molar-refractivity contribution < 1.29 is 4.79 Å². The van der Waals surface area contributed by atoms with Crippen molar-refractivity contribution in [1.82, 2.24) is 15.4 Å². The highest BCUT2D eigenvalue weighted by Crippen LogP contribution is 2.40. The first-order chi connectivity index (χ1) is 9.15. The minimum atomic E-state index is -0.0782. The van der Waals surface area contributed by atoms with Gasteiger partial charge in [0.05, 0.1) is 11.1 Å². The molecular formula is C15H17N3O. The van der Waals surface area contributed by atoms with Gasteiger partial charge in [0.15, 0.2) is 0 Å². The quantitative estimate of drug-likeness (QED) is 0.856. The van der Waals surface area contributed by atoms with E-state index in [2.05, 4.69) is 10.4 Å². The van der Waals surface area contributed by atoms with Crippen LogP contribution in [0.15, 0.2) is 30.3 Å². The van der Waals surface area contributed by atoms with Gasteiger partial charge in [-0.25, -0.2) is 5.01 Å². The number of nitrogens with one attached hydrogen (secondary N) is 1. The lowest BCUT2D eigenvalue weighted by Gasteiger charge is -2.14. The molecule has 1 aromatic heterocycles. The predicted octanol–water partition coefficient (Wildman–Crippen LogP) is 2.32. The molecule has 1 heterocycles. The van der Waals surface area contributed by atoms with Crippen molar-refractivity contribution in [1.29, 1.82) is 0 Å². The molecule has 0 saturated heterocycles. The summed E-state index contributed by atoms with van der Waals surface area (Å²) in [6.07, 6.45) is 2.36.